The van der Waals surface area contributed by atoms with Crippen LogP contribution in [0.1, 0.15) is 87.4 Å². The van der Waals surface area contributed by atoms with Gasteiger partial charge in [0.2, 0.25) is 0 Å². The van der Waals surface area contributed by atoms with Gasteiger partial charge in [0, 0.05) is 38.0 Å². The molecule has 1 N–H and O–H groups in total. The fraction of sp³-hybridized carbons (Fsp3) is 0.537. The molecule has 2 amide bonds. The summed E-state index contributed by atoms with van der Waals surface area (Å²) >= 11 is 0. The number of amides is 2. The van der Waals surface area contributed by atoms with E-state index < -0.39 is 6.23 Å². The number of carbonyl (C=O) groups is 2. The monoisotopic (exact) mass is 714 g/mol. The van der Waals surface area contributed by atoms with Crippen molar-refractivity contribution in [3.8, 4) is 23.0 Å². The summed E-state index contributed by atoms with van der Waals surface area (Å²) in [5.41, 5.74) is 3.99. The lowest BCUT2D eigenvalue weighted by Gasteiger charge is -2.33. The van der Waals surface area contributed by atoms with Gasteiger partial charge in [-0.25, -0.2) is 0 Å². The molecule has 2 aromatic rings. The summed E-state index contributed by atoms with van der Waals surface area (Å²) in [5.74, 6) is 1.89. The molecule has 4 heterocycles. The minimum Gasteiger partial charge on any atom is -0.493 e. The fourth-order valence-electron chi connectivity index (χ4n) is 7.60. The Labute approximate surface area is 307 Å². The average molecular weight is 715 g/mol. The van der Waals surface area contributed by atoms with Gasteiger partial charge in [0.05, 0.1) is 62.0 Å². The second-order valence-electron chi connectivity index (χ2n) is 16.1. The third-order valence-electron chi connectivity index (χ3n) is 11.0. The van der Waals surface area contributed by atoms with E-state index >= 15 is 0 Å². The Morgan fingerprint density at radius 1 is 0.808 bits per heavy atom. The number of aliphatic hydroxyl groups is 1. The zero-order valence-electron chi connectivity index (χ0n) is 31.8. The maximum atomic E-state index is 13.6. The molecular formula is C41H54N4O7. The number of aliphatic imine (C=N–C) groups is 1. The van der Waals surface area contributed by atoms with Crippen molar-refractivity contribution in [3.05, 3.63) is 59.7 Å². The maximum Gasteiger partial charge on any atom is 0.257 e. The molecule has 6 rings (SSSR count). The molecule has 2 aromatic carbocycles. The maximum absolute atomic E-state index is 13.6. The normalized spacial score (nSPS) is 21.4. The first kappa shape index (κ1) is 37.3. The Morgan fingerprint density at radius 2 is 1.42 bits per heavy atom. The van der Waals surface area contributed by atoms with Crippen LogP contribution in [0.5, 0.6) is 23.0 Å². The number of carbonyl (C=O) groups excluding carboxylic acids is 2. The largest absolute Gasteiger partial charge is 0.493 e. The first-order chi connectivity index (χ1) is 24.6. The summed E-state index contributed by atoms with van der Waals surface area (Å²) in [5, 5.41) is 11.3. The molecule has 0 saturated carbocycles. The van der Waals surface area contributed by atoms with Crippen LogP contribution in [0.2, 0.25) is 0 Å². The van der Waals surface area contributed by atoms with Gasteiger partial charge in [-0.3, -0.25) is 14.6 Å². The molecule has 4 aliphatic heterocycles. The summed E-state index contributed by atoms with van der Waals surface area (Å²) in [6.07, 6.45) is 4.91. The van der Waals surface area contributed by atoms with Crippen molar-refractivity contribution in [2.45, 2.75) is 85.0 Å². The van der Waals surface area contributed by atoms with E-state index in [1.54, 1.807) is 31.3 Å². The van der Waals surface area contributed by atoms with Crippen LogP contribution in [0.3, 0.4) is 0 Å². The molecule has 0 spiro atoms. The van der Waals surface area contributed by atoms with Gasteiger partial charge in [0.15, 0.2) is 23.0 Å². The number of fused-ring (bicyclic) bond motifs is 4. The van der Waals surface area contributed by atoms with E-state index in [1.165, 1.54) is 0 Å². The Balaban J connectivity index is 1.07. The molecule has 0 radical (unpaired) electrons. The lowest BCUT2D eigenvalue weighted by atomic mass is 9.78. The lowest BCUT2D eigenvalue weighted by molar-refractivity contribution is 0.0516. The number of ether oxygens (including phenoxy) is 4. The van der Waals surface area contributed by atoms with Gasteiger partial charge in [-0.05, 0) is 62.0 Å². The van der Waals surface area contributed by atoms with Crippen LogP contribution in [-0.2, 0) is 0 Å². The topological polar surface area (TPSA) is 113 Å². The Hall–Kier alpha value is -4.51. The highest BCUT2D eigenvalue weighted by molar-refractivity contribution is 6.04. The summed E-state index contributed by atoms with van der Waals surface area (Å²) in [6.45, 7) is 21.4. The van der Waals surface area contributed by atoms with Crippen molar-refractivity contribution in [2.24, 2.45) is 15.8 Å². The molecule has 280 valence electrons. The summed E-state index contributed by atoms with van der Waals surface area (Å²) in [7, 11) is 3.16. The van der Waals surface area contributed by atoms with Crippen molar-refractivity contribution in [1.29, 1.82) is 0 Å². The van der Waals surface area contributed by atoms with Crippen molar-refractivity contribution >= 4 is 29.4 Å². The fourth-order valence-corrected chi connectivity index (χ4v) is 7.60. The molecule has 11 heteroatoms. The van der Waals surface area contributed by atoms with E-state index in [2.05, 4.69) is 45.8 Å². The zero-order valence-corrected chi connectivity index (χ0v) is 31.8. The van der Waals surface area contributed by atoms with Crippen molar-refractivity contribution in [3.63, 3.8) is 0 Å². The summed E-state index contributed by atoms with van der Waals surface area (Å²) in [6, 6.07) is 6.70. The highest BCUT2D eigenvalue weighted by Gasteiger charge is 2.43. The number of methoxy groups -OCH3 is 2. The van der Waals surface area contributed by atoms with E-state index in [-0.39, 0.29) is 34.7 Å². The minimum absolute atomic E-state index is 0.0412. The number of aliphatic hydroxyl groups excluding tert-OH is 1. The average Bonchev–Trinajstić information content (AvgIpc) is 3.65. The highest BCUT2D eigenvalue weighted by atomic mass is 16.5. The van der Waals surface area contributed by atoms with Crippen LogP contribution in [0, 0.1) is 10.8 Å². The summed E-state index contributed by atoms with van der Waals surface area (Å²) < 4.78 is 24.1. The second-order valence-corrected chi connectivity index (χ2v) is 16.1. The SMILES string of the molecule is C=C1CC2C=Nc3cc(OCC(C)(C)CCC(C)(C)CCOc4cc5c(cc4OC)C(=O)N4CC(=C)C[C@H]4[C@H](O)N5CC)c(OC)cc3C(=O)N2C1. The first-order valence-corrected chi connectivity index (χ1v) is 18.3. The molecule has 2 saturated heterocycles. The Kier molecular flexibility index (Phi) is 10.4. The van der Waals surface area contributed by atoms with Crippen LogP contribution in [0.15, 0.2) is 53.6 Å². The molecule has 0 bridgehead atoms. The number of nitrogens with zero attached hydrogens (tertiary/aromatic N) is 4. The van der Waals surface area contributed by atoms with E-state index in [0.29, 0.717) is 84.8 Å². The van der Waals surface area contributed by atoms with Gasteiger partial charge in [-0.2, -0.15) is 0 Å². The molecule has 3 atom stereocenters. The van der Waals surface area contributed by atoms with E-state index in [4.69, 9.17) is 18.9 Å². The molecule has 0 aromatic heterocycles. The molecule has 0 aliphatic carbocycles. The molecule has 2 fully saturated rings. The molecular weight excluding hydrogens is 660 g/mol. The Bertz CT molecular complexity index is 1780. The first-order valence-electron chi connectivity index (χ1n) is 18.3. The lowest BCUT2D eigenvalue weighted by Crippen LogP contribution is -2.48. The van der Waals surface area contributed by atoms with Gasteiger partial charge in [0.1, 0.15) is 6.23 Å². The van der Waals surface area contributed by atoms with Crippen LogP contribution >= 0.6 is 0 Å². The molecule has 4 aliphatic rings. The predicted octanol–water partition coefficient (Wildman–Crippen LogP) is 6.80. The van der Waals surface area contributed by atoms with Crippen molar-refractivity contribution < 1.29 is 33.6 Å². The van der Waals surface area contributed by atoms with Gasteiger partial charge in [-0.1, -0.05) is 52.0 Å². The van der Waals surface area contributed by atoms with E-state index in [1.807, 2.05) is 35.1 Å². The zero-order chi connectivity index (χ0) is 37.5. The van der Waals surface area contributed by atoms with Crippen LogP contribution in [-0.4, -0.2) is 98.3 Å². The van der Waals surface area contributed by atoms with E-state index in [9.17, 15) is 14.7 Å². The van der Waals surface area contributed by atoms with Gasteiger partial charge < -0.3 is 38.8 Å². The summed E-state index contributed by atoms with van der Waals surface area (Å²) in [4.78, 5) is 37.1. The van der Waals surface area contributed by atoms with Crippen LogP contribution in [0.25, 0.3) is 0 Å². The molecule has 52 heavy (non-hydrogen) atoms. The predicted molar refractivity (Wildman–Crippen MR) is 203 cm³/mol. The number of benzene rings is 2. The third-order valence-corrected chi connectivity index (χ3v) is 11.0. The quantitative estimate of drug-likeness (QED) is 0.226. The standard InChI is InChI=1S/C41H54N4O7/c1-10-43-31-20-36(34(50-9)18-29(31)38(47)45-23-26(3)16-32(45)39(43)48)51-14-13-40(4,5)11-12-41(6,7)24-52-35-19-30-28(17-33(35)49-8)37(46)44-22-25(2)15-27(44)21-42-30/h17-21,27,32,39,48H,2-3,10-16,22-24H2,1,4-9H3/t27?,32-,39-/m0/s1. The van der Waals surface area contributed by atoms with E-state index in [0.717, 1.165) is 36.8 Å². The number of likely N-dealkylation sites (N-methyl/N-ethyl adjacent to an activating group) is 1. The number of rotatable bonds is 13. The van der Waals surface area contributed by atoms with Gasteiger partial charge >= 0.3 is 0 Å². The van der Waals surface area contributed by atoms with Gasteiger partial charge in [-0.15, -0.1) is 0 Å². The highest BCUT2D eigenvalue weighted by Crippen LogP contribution is 2.43. The smallest absolute Gasteiger partial charge is 0.257 e. The number of hydrogen-bond donors (Lipinski definition) is 1. The number of hydrogen-bond acceptors (Lipinski definition) is 9. The second kappa shape index (κ2) is 14.5. The van der Waals surface area contributed by atoms with Crippen molar-refractivity contribution in [1.82, 2.24) is 9.80 Å². The van der Waals surface area contributed by atoms with Crippen LogP contribution < -0.4 is 23.8 Å². The third kappa shape index (κ3) is 7.38. The minimum atomic E-state index is -0.850. The molecule has 11 nitrogen and oxygen atoms in total. The van der Waals surface area contributed by atoms with Gasteiger partial charge in [0.25, 0.3) is 11.8 Å². The van der Waals surface area contributed by atoms with Crippen molar-refractivity contribution in [2.75, 3.05) is 52.0 Å². The number of anilines is 1. The van der Waals surface area contributed by atoms with Crippen LogP contribution in [0.4, 0.5) is 11.4 Å². The Morgan fingerprint density at radius 3 is 2.12 bits per heavy atom. The molecule has 1 unspecified atom stereocenters.